The highest BCUT2D eigenvalue weighted by atomic mass is 16.5. The molecular formula is C5H10N4O. The van der Waals surface area contributed by atoms with Crippen molar-refractivity contribution >= 4 is 5.82 Å². The Labute approximate surface area is 58.6 Å². The van der Waals surface area contributed by atoms with E-state index in [1.165, 1.54) is 6.20 Å². The minimum atomic E-state index is 0.529. The largest absolute Gasteiger partial charge is 0.290 e. The SMILES string of the molecule is CCCn1nncc1NO. The number of aryl methyl sites for hydroxylation is 1. The first kappa shape index (κ1) is 7.01. The summed E-state index contributed by atoms with van der Waals surface area (Å²) in [6.07, 6.45) is 2.44. The maximum Gasteiger partial charge on any atom is 0.168 e. The van der Waals surface area contributed by atoms with Crippen LogP contribution in [0.25, 0.3) is 0 Å². The molecule has 0 spiro atoms. The summed E-state index contributed by atoms with van der Waals surface area (Å²) in [5.41, 5.74) is 2.00. The van der Waals surface area contributed by atoms with Crippen LogP contribution in [0, 0.1) is 0 Å². The van der Waals surface area contributed by atoms with Crippen molar-refractivity contribution in [3.8, 4) is 0 Å². The van der Waals surface area contributed by atoms with Crippen molar-refractivity contribution in [3.63, 3.8) is 0 Å². The van der Waals surface area contributed by atoms with E-state index in [1.54, 1.807) is 4.68 Å². The van der Waals surface area contributed by atoms with Gasteiger partial charge in [-0.25, -0.2) is 4.68 Å². The van der Waals surface area contributed by atoms with E-state index in [9.17, 15) is 0 Å². The zero-order valence-corrected chi connectivity index (χ0v) is 5.78. The second kappa shape index (κ2) is 3.17. The Kier molecular flexibility index (Phi) is 2.22. The predicted octanol–water partition coefficient (Wildman–Crippen LogP) is 0.489. The highest BCUT2D eigenvalue weighted by Crippen LogP contribution is 2.01. The maximum absolute atomic E-state index is 8.48. The van der Waals surface area contributed by atoms with Gasteiger partial charge in [0.25, 0.3) is 0 Å². The van der Waals surface area contributed by atoms with Gasteiger partial charge in [-0.2, -0.15) is 0 Å². The number of nitrogens with zero attached hydrogens (tertiary/aromatic N) is 3. The third-order valence-corrected chi connectivity index (χ3v) is 1.17. The van der Waals surface area contributed by atoms with Gasteiger partial charge in [0.15, 0.2) is 5.82 Å². The first-order valence-electron chi connectivity index (χ1n) is 3.17. The molecule has 2 N–H and O–H groups in total. The molecule has 0 aliphatic heterocycles. The van der Waals surface area contributed by atoms with E-state index >= 15 is 0 Å². The van der Waals surface area contributed by atoms with Crippen LogP contribution in [-0.4, -0.2) is 20.2 Å². The van der Waals surface area contributed by atoms with E-state index in [-0.39, 0.29) is 0 Å². The number of anilines is 1. The fourth-order valence-corrected chi connectivity index (χ4v) is 0.721. The monoisotopic (exact) mass is 142 g/mol. The van der Waals surface area contributed by atoms with E-state index in [0.717, 1.165) is 13.0 Å². The number of aromatic nitrogens is 3. The smallest absolute Gasteiger partial charge is 0.168 e. The fourth-order valence-electron chi connectivity index (χ4n) is 0.721. The van der Waals surface area contributed by atoms with Gasteiger partial charge in [-0.3, -0.25) is 10.7 Å². The second-order valence-corrected chi connectivity index (χ2v) is 1.95. The van der Waals surface area contributed by atoms with Gasteiger partial charge in [0.05, 0.1) is 6.20 Å². The summed E-state index contributed by atoms with van der Waals surface area (Å²) in [4.78, 5) is 0. The van der Waals surface area contributed by atoms with Crippen molar-refractivity contribution in [2.45, 2.75) is 19.9 Å². The van der Waals surface area contributed by atoms with Gasteiger partial charge in [0, 0.05) is 6.54 Å². The number of rotatable bonds is 3. The Morgan fingerprint density at radius 1 is 1.80 bits per heavy atom. The molecule has 1 heterocycles. The molecule has 0 unspecified atom stereocenters. The van der Waals surface area contributed by atoms with Crippen LogP contribution in [0.1, 0.15) is 13.3 Å². The van der Waals surface area contributed by atoms with Gasteiger partial charge in [-0.05, 0) is 6.42 Å². The van der Waals surface area contributed by atoms with Gasteiger partial charge >= 0.3 is 0 Å². The molecule has 0 saturated heterocycles. The second-order valence-electron chi connectivity index (χ2n) is 1.95. The van der Waals surface area contributed by atoms with Crippen LogP contribution in [0.2, 0.25) is 0 Å². The van der Waals surface area contributed by atoms with Gasteiger partial charge in [-0.1, -0.05) is 12.1 Å². The molecule has 0 aliphatic rings. The lowest BCUT2D eigenvalue weighted by Crippen LogP contribution is -2.04. The summed E-state index contributed by atoms with van der Waals surface area (Å²) in [6, 6.07) is 0. The summed E-state index contributed by atoms with van der Waals surface area (Å²) in [6.45, 7) is 2.80. The molecule has 0 saturated carbocycles. The lowest BCUT2D eigenvalue weighted by molar-refractivity contribution is 0.377. The molecule has 1 rings (SSSR count). The number of nitrogens with one attached hydrogen (secondary N) is 1. The van der Waals surface area contributed by atoms with Crippen LogP contribution in [-0.2, 0) is 6.54 Å². The van der Waals surface area contributed by atoms with Crippen LogP contribution < -0.4 is 5.48 Å². The van der Waals surface area contributed by atoms with Crippen molar-refractivity contribution in [2.75, 3.05) is 5.48 Å². The lowest BCUT2D eigenvalue weighted by Gasteiger charge is -2.00. The van der Waals surface area contributed by atoms with Crippen molar-refractivity contribution in [1.29, 1.82) is 0 Å². The Morgan fingerprint density at radius 2 is 2.60 bits per heavy atom. The minimum Gasteiger partial charge on any atom is -0.290 e. The van der Waals surface area contributed by atoms with Crippen molar-refractivity contribution in [3.05, 3.63) is 6.20 Å². The average Bonchev–Trinajstić information content (AvgIpc) is 2.36. The van der Waals surface area contributed by atoms with Crippen LogP contribution in [0.3, 0.4) is 0 Å². The highest BCUT2D eigenvalue weighted by Gasteiger charge is 1.98. The molecule has 10 heavy (non-hydrogen) atoms. The van der Waals surface area contributed by atoms with Crippen LogP contribution in [0.15, 0.2) is 6.20 Å². The van der Waals surface area contributed by atoms with Crippen molar-refractivity contribution in [2.24, 2.45) is 0 Å². The summed E-state index contributed by atoms with van der Waals surface area (Å²) in [5, 5.41) is 15.8. The van der Waals surface area contributed by atoms with E-state index in [1.807, 2.05) is 12.4 Å². The Balaban J connectivity index is 2.70. The quantitative estimate of drug-likeness (QED) is 0.603. The van der Waals surface area contributed by atoms with Crippen LogP contribution in [0.4, 0.5) is 5.82 Å². The maximum atomic E-state index is 8.48. The van der Waals surface area contributed by atoms with E-state index in [4.69, 9.17) is 5.21 Å². The zero-order chi connectivity index (χ0) is 7.40. The fraction of sp³-hybridized carbons (Fsp3) is 0.600. The topological polar surface area (TPSA) is 63.0 Å². The summed E-state index contributed by atoms with van der Waals surface area (Å²) < 4.78 is 1.60. The summed E-state index contributed by atoms with van der Waals surface area (Å²) in [7, 11) is 0. The van der Waals surface area contributed by atoms with E-state index < -0.39 is 0 Å². The molecule has 5 nitrogen and oxygen atoms in total. The van der Waals surface area contributed by atoms with Gasteiger partial charge in [0.1, 0.15) is 0 Å². The van der Waals surface area contributed by atoms with Gasteiger partial charge < -0.3 is 0 Å². The molecule has 0 aliphatic carbocycles. The first-order chi connectivity index (χ1) is 4.88. The molecule has 5 heteroatoms. The van der Waals surface area contributed by atoms with Gasteiger partial charge in [-0.15, -0.1) is 5.10 Å². The summed E-state index contributed by atoms with van der Waals surface area (Å²) >= 11 is 0. The molecule has 0 amide bonds. The normalized spacial score (nSPS) is 9.80. The zero-order valence-electron chi connectivity index (χ0n) is 5.78. The molecule has 56 valence electrons. The van der Waals surface area contributed by atoms with Crippen LogP contribution in [0.5, 0.6) is 0 Å². The molecule has 0 bridgehead atoms. The van der Waals surface area contributed by atoms with E-state index in [0.29, 0.717) is 5.82 Å². The van der Waals surface area contributed by atoms with Crippen molar-refractivity contribution in [1.82, 2.24) is 15.0 Å². The molecule has 0 atom stereocenters. The molecule has 0 fully saturated rings. The number of hydrogen-bond acceptors (Lipinski definition) is 4. The standard InChI is InChI=1S/C5H10N4O/c1-2-3-9-5(7-10)4-6-8-9/h4,7,10H,2-3H2,1H3. The highest BCUT2D eigenvalue weighted by molar-refractivity contribution is 5.26. The van der Waals surface area contributed by atoms with Crippen molar-refractivity contribution < 1.29 is 5.21 Å². The minimum absolute atomic E-state index is 0.529. The average molecular weight is 142 g/mol. The Hall–Kier alpha value is -1.10. The molecular weight excluding hydrogens is 132 g/mol. The lowest BCUT2D eigenvalue weighted by atomic mass is 10.5. The third kappa shape index (κ3) is 1.24. The summed E-state index contributed by atoms with van der Waals surface area (Å²) in [5.74, 6) is 0.529. The Bertz CT molecular complexity index is 197. The molecule has 1 aromatic heterocycles. The van der Waals surface area contributed by atoms with Crippen LogP contribution >= 0.6 is 0 Å². The first-order valence-corrected chi connectivity index (χ1v) is 3.17. The number of hydrogen-bond donors (Lipinski definition) is 2. The Morgan fingerprint density at radius 3 is 3.20 bits per heavy atom. The molecule has 0 radical (unpaired) electrons. The predicted molar refractivity (Wildman–Crippen MR) is 35.7 cm³/mol. The third-order valence-electron chi connectivity index (χ3n) is 1.17. The van der Waals surface area contributed by atoms with E-state index in [2.05, 4.69) is 10.3 Å². The molecule has 1 aromatic rings. The van der Waals surface area contributed by atoms with Gasteiger partial charge in [0.2, 0.25) is 0 Å². The molecule has 0 aromatic carbocycles.